The molecule has 12 nitrogen and oxygen atoms in total. The van der Waals surface area contributed by atoms with Crippen molar-refractivity contribution in [3.05, 3.63) is 35.9 Å². The summed E-state index contributed by atoms with van der Waals surface area (Å²) >= 11 is 0. The van der Waals surface area contributed by atoms with Crippen LogP contribution in [0.4, 0.5) is 0 Å². The van der Waals surface area contributed by atoms with Crippen LogP contribution in [-0.2, 0) is 6.42 Å². The average Bonchev–Trinajstić information content (AvgIpc) is 2.97. The number of aliphatic hydroxyl groups excluding tert-OH is 6. The Bertz CT molecular complexity index is 568. The van der Waals surface area contributed by atoms with E-state index in [1.54, 1.807) is 6.92 Å². The van der Waals surface area contributed by atoms with Crippen molar-refractivity contribution >= 4 is 0 Å². The maximum Gasteiger partial charge on any atom is 0.0585 e. The summed E-state index contributed by atoms with van der Waals surface area (Å²) < 4.78 is 0. The first-order valence-electron chi connectivity index (χ1n) is 14.3. The van der Waals surface area contributed by atoms with E-state index in [-0.39, 0.29) is 69.9 Å². The van der Waals surface area contributed by atoms with Crippen LogP contribution < -0.4 is 34.4 Å². The van der Waals surface area contributed by atoms with Crippen molar-refractivity contribution in [2.24, 2.45) is 46.2 Å². The van der Waals surface area contributed by atoms with E-state index in [9.17, 15) is 0 Å². The van der Waals surface area contributed by atoms with Gasteiger partial charge in [0.25, 0.3) is 0 Å². The van der Waals surface area contributed by atoms with E-state index in [1.807, 2.05) is 51.1 Å². The lowest BCUT2D eigenvalue weighted by Crippen LogP contribution is -2.29. The Morgan fingerprint density at radius 1 is 0.634 bits per heavy atom. The first-order valence-corrected chi connectivity index (χ1v) is 14.3. The third-order valence-electron chi connectivity index (χ3n) is 4.83. The van der Waals surface area contributed by atoms with Gasteiger partial charge in [0.2, 0.25) is 0 Å². The molecule has 0 amide bonds. The third kappa shape index (κ3) is 51.9. The molecule has 0 bridgehead atoms. The lowest BCUT2D eigenvalue weighted by molar-refractivity contribution is 0.238. The SMILES string of the molecule is CC(C)C(N)CO.CC(C)CC(N)CO.CC(N)CO.CCC(N)CO.NC(CO)Cc1ccccc1.NCCO. The molecule has 0 radical (unpaired) electrons. The van der Waals surface area contributed by atoms with E-state index in [2.05, 4.69) is 13.8 Å². The zero-order valence-corrected chi connectivity index (χ0v) is 26.6. The van der Waals surface area contributed by atoms with Crippen LogP contribution in [0.3, 0.4) is 0 Å². The summed E-state index contributed by atoms with van der Waals surface area (Å²) in [5.74, 6) is 0.988. The van der Waals surface area contributed by atoms with Gasteiger partial charge in [0.15, 0.2) is 0 Å². The maximum absolute atomic E-state index is 8.67. The van der Waals surface area contributed by atoms with Gasteiger partial charge in [-0.3, -0.25) is 0 Å². The molecule has 0 saturated heterocycles. The van der Waals surface area contributed by atoms with Gasteiger partial charge in [-0.05, 0) is 43.6 Å². The largest absolute Gasteiger partial charge is 0.395 e. The fourth-order valence-electron chi connectivity index (χ4n) is 2.00. The van der Waals surface area contributed by atoms with E-state index in [0.29, 0.717) is 18.4 Å². The molecule has 1 rings (SSSR count). The summed E-state index contributed by atoms with van der Waals surface area (Å²) in [4.78, 5) is 0. The average molecular weight is 597 g/mol. The summed E-state index contributed by atoms with van der Waals surface area (Å²) in [6, 6.07) is 9.67. The van der Waals surface area contributed by atoms with Crippen LogP contribution in [0.5, 0.6) is 0 Å². The monoisotopic (exact) mass is 597 g/mol. The van der Waals surface area contributed by atoms with Crippen LogP contribution in [0, 0.1) is 11.8 Å². The highest BCUT2D eigenvalue weighted by molar-refractivity contribution is 5.15. The van der Waals surface area contributed by atoms with Crippen molar-refractivity contribution in [3.63, 3.8) is 0 Å². The Morgan fingerprint density at radius 3 is 1.22 bits per heavy atom. The van der Waals surface area contributed by atoms with Crippen LogP contribution in [-0.4, -0.2) is 107 Å². The second-order valence-corrected chi connectivity index (χ2v) is 10.3. The van der Waals surface area contributed by atoms with Gasteiger partial charge in [-0.2, -0.15) is 0 Å². The van der Waals surface area contributed by atoms with E-state index in [4.69, 9.17) is 65.0 Å². The molecule has 0 aliphatic rings. The molecule has 0 heterocycles. The molecule has 5 atom stereocenters. The smallest absolute Gasteiger partial charge is 0.0585 e. The van der Waals surface area contributed by atoms with Crippen molar-refractivity contribution in [3.8, 4) is 0 Å². The number of nitrogens with two attached hydrogens (primary N) is 6. The van der Waals surface area contributed by atoms with E-state index >= 15 is 0 Å². The molecule has 1 aromatic carbocycles. The Labute approximate surface area is 250 Å². The van der Waals surface area contributed by atoms with E-state index in [0.717, 1.165) is 19.3 Å². The number of aliphatic hydroxyl groups is 6. The van der Waals surface area contributed by atoms with Gasteiger partial charge >= 0.3 is 0 Å². The van der Waals surface area contributed by atoms with Gasteiger partial charge in [-0.25, -0.2) is 0 Å². The predicted molar refractivity (Wildman–Crippen MR) is 172 cm³/mol. The van der Waals surface area contributed by atoms with Gasteiger partial charge in [-0.15, -0.1) is 0 Å². The number of benzene rings is 1. The topological polar surface area (TPSA) is 278 Å². The Kier molecular flexibility index (Phi) is 46.7. The van der Waals surface area contributed by atoms with Crippen molar-refractivity contribution in [2.45, 2.75) is 91.0 Å². The Hall–Kier alpha value is -1.26. The highest BCUT2D eigenvalue weighted by Crippen LogP contribution is 2.01. The fraction of sp³-hybridized carbons (Fsp3) is 0.793. The second kappa shape index (κ2) is 38.7. The predicted octanol–water partition coefficient (Wildman–Crippen LogP) is -1.16. The molecule has 41 heavy (non-hydrogen) atoms. The van der Waals surface area contributed by atoms with Crippen LogP contribution in [0.2, 0.25) is 0 Å². The van der Waals surface area contributed by atoms with Crippen molar-refractivity contribution in [2.75, 3.05) is 46.2 Å². The summed E-state index contributed by atoms with van der Waals surface area (Å²) in [6.07, 6.45) is 2.52. The minimum Gasteiger partial charge on any atom is -0.395 e. The highest BCUT2D eigenvalue weighted by atomic mass is 16.3. The zero-order chi connectivity index (χ0) is 33.2. The Balaban J connectivity index is -0.000000131. The molecule has 18 N–H and O–H groups in total. The standard InChI is InChI=1S/C9H13NO.C6H15NO.C5H13NO.C4H11NO.C3H9NO.C2H7NO/c10-9(7-11)6-8-4-2-1-3-5-8;1-5(2)3-6(7)4-8;1-4(2)5(6)3-7;1-2-4(5)3-6;1-3(4)2-5;3-1-2-4/h1-5,9,11H,6-7,10H2;5-6,8H,3-4,7H2,1-2H3;4-5,7H,3,6H2,1-2H3;4,6H,2-3,5H2,1H3;3,5H,2,4H2,1H3;4H,1-3H2. The first-order chi connectivity index (χ1) is 19.2. The van der Waals surface area contributed by atoms with Crippen LogP contribution in [0.15, 0.2) is 30.3 Å². The maximum atomic E-state index is 8.67. The quantitative estimate of drug-likeness (QED) is 0.136. The van der Waals surface area contributed by atoms with Crippen LogP contribution >= 0.6 is 0 Å². The van der Waals surface area contributed by atoms with Gasteiger partial charge in [0.1, 0.15) is 0 Å². The van der Waals surface area contributed by atoms with Gasteiger partial charge in [0, 0.05) is 36.8 Å². The molecule has 0 fully saturated rings. The van der Waals surface area contributed by atoms with Crippen LogP contribution in [0.25, 0.3) is 0 Å². The Morgan fingerprint density at radius 2 is 1.05 bits per heavy atom. The van der Waals surface area contributed by atoms with E-state index < -0.39 is 0 Å². The summed E-state index contributed by atoms with van der Waals surface area (Å²) in [7, 11) is 0. The lowest BCUT2D eigenvalue weighted by Gasteiger charge is -2.10. The molecule has 0 spiro atoms. The fourth-order valence-corrected chi connectivity index (χ4v) is 2.00. The zero-order valence-electron chi connectivity index (χ0n) is 26.6. The molecular weight excluding hydrogens is 528 g/mol. The van der Waals surface area contributed by atoms with Gasteiger partial charge in [-0.1, -0.05) is 65.0 Å². The third-order valence-corrected chi connectivity index (χ3v) is 4.83. The van der Waals surface area contributed by atoms with Crippen molar-refractivity contribution < 1.29 is 30.6 Å². The van der Waals surface area contributed by atoms with E-state index in [1.165, 1.54) is 5.56 Å². The summed E-state index contributed by atoms with van der Waals surface area (Å²) in [6.45, 7) is 12.8. The minimum atomic E-state index is -0.127. The molecule has 0 aromatic heterocycles. The van der Waals surface area contributed by atoms with Gasteiger partial charge < -0.3 is 65.0 Å². The molecule has 0 aliphatic carbocycles. The number of hydrogen-bond acceptors (Lipinski definition) is 12. The van der Waals surface area contributed by atoms with Crippen molar-refractivity contribution in [1.29, 1.82) is 0 Å². The van der Waals surface area contributed by atoms with Crippen LogP contribution in [0.1, 0.15) is 59.9 Å². The van der Waals surface area contributed by atoms with Crippen molar-refractivity contribution in [1.82, 2.24) is 0 Å². The number of hydrogen-bond donors (Lipinski definition) is 12. The normalized spacial score (nSPS) is 13.6. The first kappa shape index (κ1) is 49.4. The second-order valence-electron chi connectivity index (χ2n) is 10.3. The lowest BCUT2D eigenvalue weighted by atomic mass is 10.1. The minimum absolute atomic E-state index is 0.00926. The summed E-state index contributed by atoms with van der Waals surface area (Å²) in [5.41, 5.74) is 32.6. The summed E-state index contributed by atoms with van der Waals surface area (Å²) in [5, 5.41) is 49.5. The molecule has 0 aliphatic heterocycles. The molecule has 5 unspecified atom stereocenters. The molecule has 12 heteroatoms. The molecular formula is C29H68N6O6. The van der Waals surface area contributed by atoms with Gasteiger partial charge in [0.05, 0.1) is 39.6 Å². The molecule has 250 valence electrons. The highest BCUT2D eigenvalue weighted by Gasteiger charge is 2.03. The molecule has 1 aromatic rings. The molecule has 0 saturated carbocycles. The number of rotatable bonds is 12.